The molecule has 2 unspecified atom stereocenters. The van der Waals surface area contributed by atoms with Gasteiger partial charge in [0, 0.05) is 29.6 Å². The molecule has 1 aromatic carbocycles. The zero-order valence-electron chi connectivity index (χ0n) is 23.0. The van der Waals surface area contributed by atoms with Gasteiger partial charge in [-0.2, -0.15) is 11.3 Å². The second kappa shape index (κ2) is 11.5. The lowest BCUT2D eigenvalue weighted by atomic mass is 9.90. The van der Waals surface area contributed by atoms with Crippen LogP contribution in [0.1, 0.15) is 46.4 Å². The summed E-state index contributed by atoms with van der Waals surface area (Å²) < 4.78 is 2.66. The van der Waals surface area contributed by atoms with Crippen LogP contribution in [0.5, 0.6) is 0 Å². The van der Waals surface area contributed by atoms with Gasteiger partial charge in [-0.25, -0.2) is 9.97 Å². The van der Waals surface area contributed by atoms with E-state index < -0.39 is 18.1 Å². The summed E-state index contributed by atoms with van der Waals surface area (Å²) in [4.78, 5) is 36.4. The number of nitrogen functional groups attached to an aromatic ring is 1. The highest BCUT2D eigenvalue weighted by molar-refractivity contribution is 7.13. The third-order valence-corrected chi connectivity index (χ3v) is 9.08. The first-order valence-corrected chi connectivity index (χ1v) is 15.4. The predicted molar refractivity (Wildman–Crippen MR) is 167 cm³/mol. The Morgan fingerprint density at radius 1 is 1.10 bits per heavy atom. The minimum absolute atomic E-state index is 0.0843. The summed E-state index contributed by atoms with van der Waals surface area (Å²) in [6.07, 6.45) is 5.03. The zero-order valence-corrected chi connectivity index (χ0v) is 24.7. The predicted octanol–water partition coefficient (Wildman–Crippen LogP) is 3.21. The number of amides is 2. The smallest absolute Gasteiger partial charge is 0.270 e. The van der Waals surface area contributed by atoms with Crippen LogP contribution in [0.25, 0.3) is 29.1 Å². The van der Waals surface area contributed by atoms with Gasteiger partial charge in [0.1, 0.15) is 11.4 Å². The van der Waals surface area contributed by atoms with E-state index in [4.69, 9.17) is 10.7 Å². The third-order valence-electron chi connectivity index (χ3n) is 7.54. The summed E-state index contributed by atoms with van der Waals surface area (Å²) in [5.41, 5.74) is 8.87. The van der Waals surface area contributed by atoms with Crippen LogP contribution >= 0.6 is 22.7 Å². The van der Waals surface area contributed by atoms with Gasteiger partial charge in [0.25, 0.3) is 11.8 Å². The molecule has 6 rings (SSSR count). The quantitative estimate of drug-likeness (QED) is 0.217. The van der Waals surface area contributed by atoms with Crippen molar-refractivity contribution >= 4 is 57.4 Å². The summed E-state index contributed by atoms with van der Waals surface area (Å²) in [7, 11) is 0. The topological polar surface area (TPSA) is 135 Å². The van der Waals surface area contributed by atoms with E-state index in [1.54, 1.807) is 29.7 Å². The van der Waals surface area contributed by atoms with Crippen LogP contribution in [-0.2, 0) is 0 Å². The normalized spacial score (nSPS) is 17.5. The highest BCUT2D eigenvalue weighted by atomic mass is 32.1. The molecule has 9 nitrogen and oxygen atoms in total. The van der Waals surface area contributed by atoms with E-state index in [-0.39, 0.29) is 17.7 Å². The molecule has 5 aromatic rings. The monoisotopic (exact) mass is 598 g/mol. The van der Waals surface area contributed by atoms with Gasteiger partial charge in [-0.1, -0.05) is 60.7 Å². The lowest BCUT2D eigenvalue weighted by Crippen LogP contribution is -2.38. The minimum atomic E-state index is -0.894. The molecule has 4 heterocycles. The van der Waals surface area contributed by atoms with Gasteiger partial charge in [-0.3, -0.25) is 14.0 Å². The Balaban J connectivity index is 1.29. The highest BCUT2D eigenvalue weighted by Crippen LogP contribution is 2.28. The number of hydrogen-bond acceptors (Lipinski definition) is 8. The fourth-order valence-corrected chi connectivity index (χ4v) is 6.70. The molecular formula is C31H30N6O3S2. The number of pyridine rings is 1. The number of aliphatic hydroxyl groups excluding tert-OH is 1. The van der Waals surface area contributed by atoms with Crippen LogP contribution in [0.4, 0.5) is 5.13 Å². The van der Waals surface area contributed by atoms with Crippen molar-refractivity contribution in [2.75, 3.05) is 12.3 Å². The molecule has 4 aromatic heterocycles. The van der Waals surface area contributed by atoms with E-state index in [1.807, 2.05) is 47.2 Å². The number of nitrogens with two attached hydrogens (primary N) is 1. The SMILES string of the molecule is CC1C=c2nc(N)sc2=CC1CNC(=O)c1cccn2c(C(=O)N[C@H](C)[C@@H](O)c3ccccc3)c(-c3ccsc3)nc12. The average molecular weight is 599 g/mol. The number of rotatable bonds is 8. The number of carbonyl (C=O) groups is 2. The molecule has 4 atom stereocenters. The van der Waals surface area contributed by atoms with Crippen molar-refractivity contribution in [1.29, 1.82) is 0 Å². The number of benzene rings is 1. The molecule has 1 aliphatic carbocycles. The van der Waals surface area contributed by atoms with Gasteiger partial charge >= 0.3 is 0 Å². The van der Waals surface area contributed by atoms with Crippen molar-refractivity contribution in [3.8, 4) is 11.3 Å². The third kappa shape index (κ3) is 5.34. The summed E-state index contributed by atoms with van der Waals surface area (Å²) >= 11 is 2.93. The molecule has 11 heteroatoms. The van der Waals surface area contributed by atoms with Crippen molar-refractivity contribution in [3.05, 3.63) is 92.2 Å². The molecule has 0 fully saturated rings. The largest absolute Gasteiger partial charge is 0.386 e. The molecule has 0 saturated carbocycles. The number of carbonyl (C=O) groups excluding carboxylic acids is 2. The Morgan fingerprint density at radius 2 is 1.90 bits per heavy atom. The van der Waals surface area contributed by atoms with Gasteiger partial charge in [0.2, 0.25) is 0 Å². The molecule has 0 saturated heterocycles. The zero-order chi connectivity index (χ0) is 29.4. The summed E-state index contributed by atoms with van der Waals surface area (Å²) in [5.74, 6) is -0.418. The van der Waals surface area contributed by atoms with E-state index in [9.17, 15) is 14.7 Å². The lowest BCUT2D eigenvalue weighted by Gasteiger charge is -2.21. The van der Waals surface area contributed by atoms with Gasteiger partial charge in [-0.05, 0) is 42.0 Å². The number of nitrogens with zero attached hydrogens (tertiary/aromatic N) is 3. The van der Waals surface area contributed by atoms with Crippen LogP contribution in [0.3, 0.4) is 0 Å². The Morgan fingerprint density at radius 3 is 2.67 bits per heavy atom. The maximum absolute atomic E-state index is 13.7. The number of nitrogens with one attached hydrogen (secondary N) is 2. The number of thiazole rings is 1. The Hall–Kier alpha value is -4.32. The van der Waals surface area contributed by atoms with Crippen molar-refractivity contribution in [3.63, 3.8) is 0 Å². The van der Waals surface area contributed by atoms with Gasteiger partial charge < -0.3 is 21.5 Å². The fraction of sp³-hybridized carbons (Fsp3) is 0.226. The van der Waals surface area contributed by atoms with E-state index in [1.165, 1.54) is 22.7 Å². The molecule has 1 aliphatic rings. The molecule has 214 valence electrons. The van der Waals surface area contributed by atoms with Crippen molar-refractivity contribution < 1.29 is 14.7 Å². The first kappa shape index (κ1) is 27.8. The Labute approximate surface area is 250 Å². The molecule has 5 N–H and O–H groups in total. The Kier molecular flexibility index (Phi) is 7.63. The summed E-state index contributed by atoms with van der Waals surface area (Å²) in [5, 5.41) is 22.1. The molecule has 0 bridgehead atoms. The maximum Gasteiger partial charge on any atom is 0.270 e. The number of aromatic nitrogens is 3. The standard InChI is InChI=1S/C31H30N6O3S2/c1-17-13-23-24(42-31(32)35-23)14-21(17)15-33-29(39)22-9-6-11-37-26(25(36-28(22)37)20-10-12-41-16-20)30(40)34-18(2)27(38)19-7-4-3-5-8-19/h3-14,16-18,21,27,38H,15H2,1-2H3,(H2,32,35)(H,33,39)(H,34,40)/t17?,18-,21?,27-/m1/s1. The number of hydrogen-bond donors (Lipinski definition) is 4. The minimum Gasteiger partial charge on any atom is -0.386 e. The van der Waals surface area contributed by atoms with Crippen molar-refractivity contribution in [1.82, 2.24) is 25.0 Å². The maximum atomic E-state index is 13.7. The molecule has 0 radical (unpaired) electrons. The lowest BCUT2D eigenvalue weighted by molar-refractivity contribution is 0.0846. The van der Waals surface area contributed by atoms with Crippen molar-refractivity contribution in [2.24, 2.45) is 11.8 Å². The van der Waals surface area contributed by atoms with E-state index in [0.717, 1.165) is 15.4 Å². The number of fused-ring (bicyclic) bond motifs is 2. The summed E-state index contributed by atoms with van der Waals surface area (Å²) in [6, 6.07) is 14.0. The first-order chi connectivity index (χ1) is 20.3. The van der Waals surface area contributed by atoms with Crippen LogP contribution in [-0.4, -0.2) is 43.9 Å². The Bertz CT molecular complexity index is 1880. The molecule has 2 amide bonds. The van der Waals surface area contributed by atoms with Gasteiger partial charge in [0.05, 0.1) is 27.6 Å². The number of imidazole rings is 1. The van der Waals surface area contributed by atoms with Crippen LogP contribution in [0.2, 0.25) is 0 Å². The van der Waals surface area contributed by atoms with Crippen molar-refractivity contribution in [2.45, 2.75) is 26.0 Å². The van der Waals surface area contributed by atoms with E-state index >= 15 is 0 Å². The fourth-order valence-electron chi connectivity index (χ4n) is 5.23. The van der Waals surface area contributed by atoms with Crippen LogP contribution < -0.4 is 26.2 Å². The molecule has 0 aliphatic heterocycles. The summed E-state index contributed by atoms with van der Waals surface area (Å²) in [6.45, 7) is 4.27. The molecule has 42 heavy (non-hydrogen) atoms. The first-order valence-electron chi connectivity index (χ1n) is 13.6. The number of aliphatic hydroxyl groups is 1. The highest BCUT2D eigenvalue weighted by Gasteiger charge is 2.27. The van der Waals surface area contributed by atoms with Crippen LogP contribution in [0, 0.1) is 11.8 Å². The number of thiophene rings is 1. The number of anilines is 1. The molecular weight excluding hydrogens is 569 g/mol. The van der Waals surface area contributed by atoms with E-state index in [0.29, 0.717) is 39.8 Å². The second-order valence-corrected chi connectivity index (χ2v) is 12.3. The second-order valence-electron chi connectivity index (χ2n) is 10.4. The average Bonchev–Trinajstić information content (AvgIpc) is 3.73. The molecule has 0 spiro atoms. The van der Waals surface area contributed by atoms with E-state index in [2.05, 4.69) is 34.7 Å². The van der Waals surface area contributed by atoms with Gasteiger partial charge in [-0.15, -0.1) is 0 Å². The van der Waals surface area contributed by atoms with Gasteiger partial charge in [0.15, 0.2) is 10.8 Å². The van der Waals surface area contributed by atoms with Crippen LogP contribution in [0.15, 0.2) is 65.5 Å².